The molecule has 0 amide bonds. The van der Waals surface area contributed by atoms with Crippen LogP contribution < -0.4 is 10.2 Å². The first-order valence-electron chi connectivity index (χ1n) is 4.03. The van der Waals surface area contributed by atoms with Crippen molar-refractivity contribution in [3.8, 4) is 11.5 Å². The van der Waals surface area contributed by atoms with Crippen molar-refractivity contribution in [1.29, 1.82) is 0 Å². The second-order valence-corrected chi connectivity index (χ2v) is 2.39. The van der Waals surface area contributed by atoms with Gasteiger partial charge in [0.15, 0.2) is 0 Å². The monoisotopic (exact) mass is 183 g/mol. The molecule has 0 aliphatic heterocycles. The van der Waals surface area contributed by atoms with Crippen molar-refractivity contribution >= 4 is 0 Å². The van der Waals surface area contributed by atoms with Crippen molar-refractivity contribution in [3.63, 3.8) is 0 Å². The maximum Gasteiger partial charge on any atom is 0.119 e. The molecular weight excluding hydrogens is 170 g/mol. The molecule has 0 aliphatic carbocycles. The normalized spacial score (nSPS) is 9.92. The number of phenols is 1. The van der Waals surface area contributed by atoms with Gasteiger partial charge in [-0.15, -0.1) is 0 Å². The van der Waals surface area contributed by atoms with Crippen LogP contribution in [0.5, 0.6) is 11.5 Å². The first-order valence-corrected chi connectivity index (χ1v) is 4.03. The van der Waals surface area contributed by atoms with Crippen LogP contribution in [0.1, 0.15) is 0 Å². The highest BCUT2D eigenvalue weighted by Gasteiger charge is 1.93. The standard InChI is InChI=1S/C9H13NO3/c1-10-13-7-6-12-9-4-2-8(11)3-5-9/h2-5,10-11H,6-7H2,1H3. The number of rotatable bonds is 5. The van der Waals surface area contributed by atoms with Gasteiger partial charge < -0.3 is 9.84 Å². The van der Waals surface area contributed by atoms with Gasteiger partial charge >= 0.3 is 0 Å². The fourth-order valence-corrected chi connectivity index (χ4v) is 0.846. The molecule has 0 spiro atoms. The van der Waals surface area contributed by atoms with E-state index in [4.69, 9.17) is 14.7 Å². The van der Waals surface area contributed by atoms with E-state index in [0.29, 0.717) is 13.2 Å². The zero-order valence-electron chi connectivity index (χ0n) is 7.49. The van der Waals surface area contributed by atoms with Crippen LogP contribution in [0.3, 0.4) is 0 Å². The van der Waals surface area contributed by atoms with Gasteiger partial charge in [-0.1, -0.05) is 0 Å². The number of nitrogens with one attached hydrogen (secondary N) is 1. The lowest BCUT2D eigenvalue weighted by molar-refractivity contribution is 0.0367. The fraction of sp³-hybridized carbons (Fsp3) is 0.333. The predicted octanol–water partition coefficient (Wildman–Crippen LogP) is 0.922. The lowest BCUT2D eigenvalue weighted by Gasteiger charge is -2.05. The van der Waals surface area contributed by atoms with Crippen molar-refractivity contribution in [2.24, 2.45) is 0 Å². The van der Waals surface area contributed by atoms with Crippen molar-refractivity contribution < 1.29 is 14.7 Å². The average molecular weight is 183 g/mol. The molecule has 0 aliphatic rings. The summed E-state index contributed by atoms with van der Waals surface area (Å²) in [5, 5.41) is 8.98. The molecular formula is C9H13NO3. The molecule has 4 nitrogen and oxygen atoms in total. The van der Waals surface area contributed by atoms with Crippen LogP contribution in [0.25, 0.3) is 0 Å². The topological polar surface area (TPSA) is 50.7 Å². The van der Waals surface area contributed by atoms with E-state index >= 15 is 0 Å². The molecule has 0 bridgehead atoms. The first kappa shape index (κ1) is 9.83. The highest BCUT2D eigenvalue weighted by atomic mass is 16.7. The van der Waals surface area contributed by atoms with Gasteiger partial charge in [0.1, 0.15) is 24.7 Å². The van der Waals surface area contributed by atoms with E-state index in [0.717, 1.165) is 5.75 Å². The largest absolute Gasteiger partial charge is 0.508 e. The molecule has 0 saturated carbocycles. The quantitative estimate of drug-likeness (QED) is 0.526. The van der Waals surface area contributed by atoms with E-state index in [2.05, 4.69) is 5.48 Å². The lowest BCUT2D eigenvalue weighted by Crippen LogP contribution is -2.14. The number of phenolic OH excluding ortho intramolecular Hbond substituents is 1. The predicted molar refractivity (Wildman–Crippen MR) is 48.6 cm³/mol. The minimum absolute atomic E-state index is 0.235. The molecule has 1 rings (SSSR count). The molecule has 0 radical (unpaired) electrons. The van der Waals surface area contributed by atoms with Crippen LogP contribution in [0, 0.1) is 0 Å². The molecule has 1 aromatic rings. The maximum absolute atomic E-state index is 8.98. The summed E-state index contributed by atoms with van der Waals surface area (Å²) in [4.78, 5) is 4.85. The summed E-state index contributed by atoms with van der Waals surface area (Å²) >= 11 is 0. The van der Waals surface area contributed by atoms with Crippen molar-refractivity contribution in [2.45, 2.75) is 0 Å². The van der Waals surface area contributed by atoms with Gasteiger partial charge in [0.25, 0.3) is 0 Å². The van der Waals surface area contributed by atoms with Gasteiger partial charge in [-0.3, -0.25) is 4.84 Å². The van der Waals surface area contributed by atoms with Crippen LogP contribution in [-0.2, 0) is 4.84 Å². The highest BCUT2D eigenvalue weighted by Crippen LogP contribution is 2.15. The number of aromatic hydroxyl groups is 1. The molecule has 13 heavy (non-hydrogen) atoms. The van der Waals surface area contributed by atoms with Crippen molar-refractivity contribution in [3.05, 3.63) is 24.3 Å². The van der Waals surface area contributed by atoms with Crippen LogP contribution in [0.15, 0.2) is 24.3 Å². The molecule has 1 aromatic carbocycles. The SMILES string of the molecule is CNOCCOc1ccc(O)cc1. The Bertz CT molecular complexity index is 235. The van der Waals surface area contributed by atoms with Crippen LogP contribution >= 0.6 is 0 Å². The third kappa shape index (κ3) is 3.78. The number of hydrogen-bond donors (Lipinski definition) is 2. The van der Waals surface area contributed by atoms with Gasteiger partial charge in [0.2, 0.25) is 0 Å². The molecule has 0 saturated heterocycles. The summed E-state index contributed by atoms with van der Waals surface area (Å²) in [6, 6.07) is 6.56. The zero-order valence-corrected chi connectivity index (χ0v) is 7.49. The van der Waals surface area contributed by atoms with Gasteiger partial charge in [-0.2, -0.15) is 0 Å². The Labute approximate surface area is 77.1 Å². The smallest absolute Gasteiger partial charge is 0.119 e. The molecule has 2 N–H and O–H groups in total. The number of hydroxylamine groups is 1. The van der Waals surface area contributed by atoms with Crippen LogP contribution in [0.2, 0.25) is 0 Å². The summed E-state index contributed by atoms with van der Waals surface area (Å²) in [5.41, 5.74) is 2.54. The Kier molecular flexibility index (Phi) is 4.08. The minimum atomic E-state index is 0.235. The number of benzene rings is 1. The third-order valence-corrected chi connectivity index (χ3v) is 1.44. The van der Waals surface area contributed by atoms with Gasteiger partial charge in [0, 0.05) is 7.05 Å². The van der Waals surface area contributed by atoms with E-state index < -0.39 is 0 Å². The number of hydrogen-bond acceptors (Lipinski definition) is 4. The van der Waals surface area contributed by atoms with E-state index in [1.165, 1.54) is 0 Å². The van der Waals surface area contributed by atoms with Crippen LogP contribution in [-0.4, -0.2) is 25.4 Å². The second kappa shape index (κ2) is 5.40. The number of ether oxygens (including phenoxy) is 1. The Morgan fingerprint density at radius 2 is 1.92 bits per heavy atom. The summed E-state index contributed by atoms with van der Waals surface area (Å²) in [6.07, 6.45) is 0. The summed E-state index contributed by atoms with van der Waals surface area (Å²) in [7, 11) is 1.69. The van der Waals surface area contributed by atoms with E-state index in [-0.39, 0.29) is 5.75 Å². The fourth-order valence-electron chi connectivity index (χ4n) is 0.846. The lowest BCUT2D eigenvalue weighted by atomic mass is 10.3. The molecule has 0 unspecified atom stereocenters. The summed E-state index contributed by atoms with van der Waals surface area (Å²) in [5.74, 6) is 0.955. The zero-order chi connectivity index (χ0) is 9.52. The molecule has 72 valence electrons. The molecule has 0 atom stereocenters. The maximum atomic E-state index is 8.98. The van der Waals surface area contributed by atoms with Gasteiger partial charge in [-0.05, 0) is 24.3 Å². The first-order chi connectivity index (χ1) is 6.33. The van der Waals surface area contributed by atoms with Gasteiger partial charge in [-0.25, -0.2) is 5.48 Å². The van der Waals surface area contributed by atoms with Gasteiger partial charge in [0.05, 0.1) is 0 Å². The molecule has 0 heterocycles. The molecule has 0 aromatic heterocycles. The molecule has 4 heteroatoms. The summed E-state index contributed by atoms with van der Waals surface area (Å²) in [6.45, 7) is 0.961. The van der Waals surface area contributed by atoms with Crippen molar-refractivity contribution in [2.75, 3.05) is 20.3 Å². The Hall–Kier alpha value is -1.26. The second-order valence-electron chi connectivity index (χ2n) is 2.39. The van der Waals surface area contributed by atoms with Crippen molar-refractivity contribution in [1.82, 2.24) is 5.48 Å². The minimum Gasteiger partial charge on any atom is -0.508 e. The highest BCUT2D eigenvalue weighted by molar-refractivity contribution is 5.29. The molecule has 0 fully saturated rings. The average Bonchev–Trinajstić information content (AvgIpc) is 2.15. The van der Waals surface area contributed by atoms with E-state index in [1.54, 1.807) is 31.3 Å². The third-order valence-electron chi connectivity index (χ3n) is 1.44. The van der Waals surface area contributed by atoms with E-state index in [1.807, 2.05) is 0 Å². The Morgan fingerprint density at radius 3 is 2.54 bits per heavy atom. The Balaban J connectivity index is 2.25. The van der Waals surface area contributed by atoms with Crippen LogP contribution in [0.4, 0.5) is 0 Å². The van der Waals surface area contributed by atoms with E-state index in [9.17, 15) is 0 Å². The Morgan fingerprint density at radius 1 is 1.23 bits per heavy atom. The summed E-state index contributed by atoms with van der Waals surface area (Å²) < 4.78 is 5.29.